The lowest BCUT2D eigenvalue weighted by atomic mass is 10.0. The smallest absolute Gasteiger partial charge is 0.240 e. The number of aliphatic hydroxyl groups is 1. The van der Waals surface area contributed by atoms with Crippen LogP contribution in [0.4, 0.5) is 0 Å². The van der Waals surface area contributed by atoms with E-state index in [9.17, 15) is 8.42 Å². The first-order chi connectivity index (χ1) is 8.83. The van der Waals surface area contributed by atoms with Gasteiger partial charge in [-0.2, -0.15) is 0 Å². The normalized spacial score (nSPS) is 11.9. The molecule has 0 aliphatic rings. The Kier molecular flexibility index (Phi) is 5.34. The third kappa shape index (κ3) is 3.68. The minimum absolute atomic E-state index is 0.00478. The van der Waals surface area contributed by atoms with Crippen molar-refractivity contribution in [3.63, 3.8) is 0 Å². The summed E-state index contributed by atoms with van der Waals surface area (Å²) in [4.78, 5) is 0.227. The summed E-state index contributed by atoms with van der Waals surface area (Å²) < 4.78 is 31.9. The van der Waals surface area contributed by atoms with Gasteiger partial charge in [0.1, 0.15) is 5.75 Å². The Labute approximate surface area is 114 Å². The van der Waals surface area contributed by atoms with Gasteiger partial charge in [0.2, 0.25) is 10.0 Å². The van der Waals surface area contributed by atoms with Gasteiger partial charge >= 0.3 is 0 Å². The van der Waals surface area contributed by atoms with Crippen LogP contribution in [0.2, 0.25) is 0 Å². The second-order valence-corrected chi connectivity index (χ2v) is 6.37. The summed E-state index contributed by atoms with van der Waals surface area (Å²) in [7, 11) is -2.03. The van der Waals surface area contributed by atoms with E-state index in [4.69, 9.17) is 9.84 Å². The van der Waals surface area contributed by atoms with Crippen molar-refractivity contribution < 1.29 is 18.3 Å². The molecular weight excluding hydrogens is 266 g/mol. The lowest BCUT2D eigenvalue weighted by molar-refractivity contribution is 0.301. The zero-order valence-electron chi connectivity index (χ0n) is 11.7. The molecule has 0 spiro atoms. The van der Waals surface area contributed by atoms with Crippen LogP contribution >= 0.6 is 0 Å². The monoisotopic (exact) mass is 287 g/mol. The molecule has 0 aliphatic carbocycles. The maximum atomic E-state index is 12.1. The van der Waals surface area contributed by atoms with Gasteiger partial charge in [0, 0.05) is 6.54 Å². The molecule has 2 N–H and O–H groups in total. The number of methoxy groups -OCH3 is 1. The molecule has 108 valence electrons. The molecule has 0 amide bonds. The van der Waals surface area contributed by atoms with E-state index in [-0.39, 0.29) is 24.0 Å². The number of benzene rings is 1. The lowest BCUT2D eigenvalue weighted by Gasteiger charge is -2.16. The molecule has 0 saturated heterocycles. The van der Waals surface area contributed by atoms with Crippen LogP contribution < -0.4 is 9.46 Å². The Hall–Kier alpha value is -1.11. The van der Waals surface area contributed by atoms with E-state index < -0.39 is 10.0 Å². The van der Waals surface area contributed by atoms with E-state index in [1.807, 2.05) is 13.8 Å². The number of nitrogens with one attached hydrogen (secondary N) is 1. The van der Waals surface area contributed by atoms with Crippen LogP contribution in [0, 0.1) is 6.92 Å². The predicted octanol–water partition coefficient (Wildman–Crippen LogP) is 1.40. The van der Waals surface area contributed by atoms with Crippen LogP contribution in [-0.2, 0) is 10.0 Å². The molecule has 0 heterocycles. The molecule has 1 aromatic rings. The number of hydrogen-bond acceptors (Lipinski definition) is 4. The molecule has 0 unspecified atom stereocenters. The molecule has 6 heteroatoms. The van der Waals surface area contributed by atoms with Gasteiger partial charge in [-0.25, -0.2) is 13.1 Å². The summed E-state index contributed by atoms with van der Waals surface area (Å²) in [6.45, 7) is 5.45. The molecule has 0 radical (unpaired) electrons. The van der Waals surface area contributed by atoms with Crippen molar-refractivity contribution in [3.8, 4) is 5.75 Å². The summed E-state index contributed by atoms with van der Waals surface area (Å²) in [5.74, 6) is 0.843. The van der Waals surface area contributed by atoms with Gasteiger partial charge in [-0.1, -0.05) is 13.8 Å². The van der Waals surface area contributed by atoms with E-state index in [0.717, 1.165) is 5.56 Å². The van der Waals surface area contributed by atoms with Crippen molar-refractivity contribution in [2.75, 3.05) is 20.3 Å². The van der Waals surface area contributed by atoms with Crippen molar-refractivity contribution in [2.45, 2.75) is 31.6 Å². The Balaban J connectivity index is 3.33. The Bertz CT molecular complexity index is 538. The van der Waals surface area contributed by atoms with E-state index >= 15 is 0 Å². The summed E-state index contributed by atoms with van der Waals surface area (Å²) in [6.07, 6.45) is 0. The van der Waals surface area contributed by atoms with E-state index in [0.29, 0.717) is 11.3 Å². The average molecular weight is 287 g/mol. The fraction of sp³-hybridized carbons (Fsp3) is 0.538. The van der Waals surface area contributed by atoms with Gasteiger partial charge in [0.05, 0.1) is 18.6 Å². The molecule has 0 atom stereocenters. The fourth-order valence-electron chi connectivity index (χ4n) is 1.85. The van der Waals surface area contributed by atoms with Crippen LogP contribution in [0.3, 0.4) is 0 Å². The van der Waals surface area contributed by atoms with Gasteiger partial charge in [0.25, 0.3) is 0 Å². The number of hydrogen-bond donors (Lipinski definition) is 2. The molecule has 1 rings (SSSR count). The third-order valence-electron chi connectivity index (χ3n) is 2.84. The van der Waals surface area contributed by atoms with Crippen LogP contribution in [0.25, 0.3) is 0 Å². The number of sulfonamides is 1. The van der Waals surface area contributed by atoms with Crippen molar-refractivity contribution in [1.29, 1.82) is 0 Å². The predicted molar refractivity (Wildman–Crippen MR) is 74.1 cm³/mol. The summed E-state index contributed by atoms with van der Waals surface area (Å²) in [5.41, 5.74) is 1.46. The number of aryl methyl sites for hydroxylation is 1. The lowest BCUT2D eigenvalue weighted by Crippen LogP contribution is -2.27. The van der Waals surface area contributed by atoms with Crippen molar-refractivity contribution >= 4 is 10.0 Å². The SMILES string of the molecule is COc1cc(C)c(S(=O)(=O)NCCO)cc1C(C)C. The summed E-state index contributed by atoms with van der Waals surface area (Å²) in [5, 5.41) is 8.72. The molecule has 0 saturated carbocycles. The fourth-order valence-corrected chi connectivity index (χ4v) is 3.13. The second kappa shape index (κ2) is 6.36. The second-order valence-electron chi connectivity index (χ2n) is 4.64. The third-order valence-corrected chi connectivity index (χ3v) is 4.45. The Morgan fingerprint density at radius 1 is 1.37 bits per heavy atom. The molecule has 0 aliphatic heterocycles. The topological polar surface area (TPSA) is 75.6 Å². The van der Waals surface area contributed by atoms with Crippen LogP contribution in [0.5, 0.6) is 5.75 Å². The Morgan fingerprint density at radius 2 is 2.00 bits per heavy atom. The molecule has 1 aromatic carbocycles. The van der Waals surface area contributed by atoms with Gasteiger partial charge in [-0.3, -0.25) is 0 Å². The number of aliphatic hydroxyl groups excluding tert-OH is 1. The maximum absolute atomic E-state index is 12.1. The largest absolute Gasteiger partial charge is 0.496 e. The Morgan fingerprint density at radius 3 is 2.47 bits per heavy atom. The quantitative estimate of drug-likeness (QED) is 0.829. The first kappa shape index (κ1) is 15.9. The molecular formula is C13H21NO4S. The van der Waals surface area contributed by atoms with Crippen molar-refractivity contribution in [3.05, 3.63) is 23.3 Å². The minimum Gasteiger partial charge on any atom is -0.496 e. The molecule has 0 fully saturated rings. The zero-order valence-corrected chi connectivity index (χ0v) is 12.5. The molecule has 0 bridgehead atoms. The van der Waals surface area contributed by atoms with Crippen LogP contribution in [0.15, 0.2) is 17.0 Å². The van der Waals surface area contributed by atoms with Gasteiger partial charge in [0.15, 0.2) is 0 Å². The van der Waals surface area contributed by atoms with Crippen molar-refractivity contribution in [1.82, 2.24) is 4.72 Å². The van der Waals surface area contributed by atoms with E-state index in [1.165, 1.54) is 0 Å². The molecule has 19 heavy (non-hydrogen) atoms. The van der Waals surface area contributed by atoms with E-state index in [1.54, 1.807) is 26.2 Å². The first-order valence-corrected chi connectivity index (χ1v) is 7.60. The highest BCUT2D eigenvalue weighted by atomic mass is 32.2. The van der Waals surface area contributed by atoms with Gasteiger partial charge in [-0.05, 0) is 36.1 Å². The highest BCUT2D eigenvalue weighted by molar-refractivity contribution is 7.89. The zero-order chi connectivity index (χ0) is 14.6. The first-order valence-electron chi connectivity index (χ1n) is 6.12. The summed E-state index contributed by atoms with van der Waals surface area (Å²) in [6, 6.07) is 3.36. The number of ether oxygens (including phenoxy) is 1. The molecule has 5 nitrogen and oxygen atoms in total. The summed E-state index contributed by atoms with van der Waals surface area (Å²) >= 11 is 0. The minimum atomic E-state index is -3.60. The maximum Gasteiger partial charge on any atom is 0.240 e. The molecule has 0 aromatic heterocycles. The standard InChI is InChI=1S/C13H21NO4S/c1-9(2)11-8-13(10(3)7-12(11)18-4)19(16,17)14-5-6-15/h7-9,14-15H,5-6H2,1-4H3. The highest BCUT2D eigenvalue weighted by Gasteiger charge is 2.20. The van der Waals surface area contributed by atoms with E-state index in [2.05, 4.69) is 4.72 Å². The van der Waals surface area contributed by atoms with Crippen molar-refractivity contribution in [2.24, 2.45) is 0 Å². The van der Waals surface area contributed by atoms with Crippen LogP contribution in [-0.4, -0.2) is 33.8 Å². The van der Waals surface area contributed by atoms with Gasteiger partial charge in [-0.15, -0.1) is 0 Å². The highest BCUT2D eigenvalue weighted by Crippen LogP contribution is 2.31. The van der Waals surface area contributed by atoms with Crippen LogP contribution in [0.1, 0.15) is 30.9 Å². The van der Waals surface area contributed by atoms with Gasteiger partial charge < -0.3 is 9.84 Å². The average Bonchev–Trinajstić information content (AvgIpc) is 2.35. The number of rotatable bonds is 6.